The number of hydrogen-bond donors (Lipinski definition) is 0. The maximum atomic E-state index is 8.91. The molecule has 0 aliphatic carbocycles. The SMILES string of the molecule is N#Cc1cc(-c2cccs2)nc(Cl)c1C#N. The standard InChI is InChI=1S/C11H4ClN3S/c12-11-8(6-14)7(5-13)4-9(15-11)10-2-1-3-16-10/h1-4H. The van der Waals surface area contributed by atoms with Crippen molar-refractivity contribution in [1.82, 2.24) is 4.98 Å². The summed E-state index contributed by atoms with van der Waals surface area (Å²) in [4.78, 5) is 5.02. The Kier molecular flexibility index (Phi) is 2.87. The molecule has 0 spiro atoms. The van der Waals surface area contributed by atoms with Gasteiger partial charge in [0.1, 0.15) is 22.9 Å². The zero-order valence-corrected chi connectivity index (χ0v) is 9.51. The molecule has 2 aromatic rings. The van der Waals surface area contributed by atoms with Gasteiger partial charge in [-0.25, -0.2) is 4.98 Å². The lowest BCUT2D eigenvalue weighted by atomic mass is 10.1. The fourth-order valence-corrected chi connectivity index (χ4v) is 2.18. The normalized spacial score (nSPS) is 9.44. The van der Waals surface area contributed by atoms with Crippen molar-refractivity contribution in [3.05, 3.63) is 39.9 Å². The van der Waals surface area contributed by atoms with E-state index < -0.39 is 0 Å². The smallest absolute Gasteiger partial charge is 0.148 e. The van der Waals surface area contributed by atoms with Gasteiger partial charge in [0.15, 0.2) is 0 Å². The highest BCUT2D eigenvalue weighted by Crippen LogP contribution is 2.27. The first-order valence-electron chi connectivity index (χ1n) is 4.31. The Bertz CT molecular complexity index is 605. The van der Waals surface area contributed by atoms with Crippen molar-refractivity contribution in [2.45, 2.75) is 0 Å². The third-order valence-corrected chi connectivity index (χ3v) is 3.15. The second kappa shape index (κ2) is 4.32. The lowest BCUT2D eigenvalue weighted by Crippen LogP contribution is -1.91. The maximum Gasteiger partial charge on any atom is 0.148 e. The van der Waals surface area contributed by atoms with E-state index in [-0.39, 0.29) is 16.3 Å². The average Bonchev–Trinajstić information content (AvgIpc) is 2.81. The number of nitrogens with zero attached hydrogens (tertiary/aromatic N) is 3. The van der Waals surface area contributed by atoms with Gasteiger partial charge in [-0.1, -0.05) is 17.7 Å². The summed E-state index contributed by atoms with van der Waals surface area (Å²) in [5.41, 5.74) is 1.01. The second-order valence-corrected chi connectivity index (χ2v) is 4.23. The molecule has 0 radical (unpaired) electrons. The largest absolute Gasteiger partial charge is 0.234 e. The second-order valence-electron chi connectivity index (χ2n) is 2.92. The Labute approximate surface area is 101 Å². The summed E-state index contributed by atoms with van der Waals surface area (Å²) in [5.74, 6) is 0. The molecule has 2 rings (SSSR count). The van der Waals surface area contributed by atoms with Gasteiger partial charge < -0.3 is 0 Å². The van der Waals surface area contributed by atoms with Crippen LogP contribution < -0.4 is 0 Å². The average molecular weight is 246 g/mol. The first-order chi connectivity index (χ1) is 7.76. The van der Waals surface area contributed by atoms with Gasteiger partial charge >= 0.3 is 0 Å². The van der Waals surface area contributed by atoms with E-state index >= 15 is 0 Å². The number of thiophene rings is 1. The fourth-order valence-electron chi connectivity index (χ4n) is 1.26. The van der Waals surface area contributed by atoms with Gasteiger partial charge in [-0.15, -0.1) is 11.3 Å². The van der Waals surface area contributed by atoms with Crippen molar-refractivity contribution in [3.8, 4) is 22.7 Å². The molecule has 0 saturated heterocycles. The van der Waals surface area contributed by atoms with E-state index in [0.717, 1.165) is 4.88 Å². The monoisotopic (exact) mass is 245 g/mol. The molecule has 0 fully saturated rings. The predicted molar refractivity (Wildman–Crippen MR) is 62.0 cm³/mol. The van der Waals surface area contributed by atoms with Crippen LogP contribution in [0.2, 0.25) is 5.15 Å². The fraction of sp³-hybridized carbons (Fsp3) is 0. The first-order valence-corrected chi connectivity index (χ1v) is 5.56. The van der Waals surface area contributed by atoms with Crippen LogP contribution in [0.3, 0.4) is 0 Å². The lowest BCUT2D eigenvalue weighted by Gasteiger charge is -2.01. The Balaban J connectivity index is 2.66. The number of nitriles is 2. The summed E-state index contributed by atoms with van der Waals surface area (Å²) < 4.78 is 0. The highest BCUT2D eigenvalue weighted by molar-refractivity contribution is 7.13. The van der Waals surface area contributed by atoms with E-state index in [2.05, 4.69) is 4.98 Å². The number of pyridine rings is 1. The van der Waals surface area contributed by atoms with Crippen LogP contribution in [0.25, 0.3) is 10.6 Å². The molecule has 0 aliphatic rings. The van der Waals surface area contributed by atoms with Crippen molar-refractivity contribution >= 4 is 22.9 Å². The van der Waals surface area contributed by atoms with Crippen molar-refractivity contribution in [2.24, 2.45) is 0 Å². The summed E-state index contributed by atoms with van der Waals surface area (Å²) >= 11 is 7.35. The molecular formula is C11H4ClN3S. The number of halogens is 1. The molecule has 16 heavy (non-hydrogen) atoms. The van der Waals surface area contributed by atoms with Gasteiger partial charge in [-0.3, -0.25) is 0 Å². The third-order valence-electron chi connectivity index (χ3n) is 1.98. The molecule has 0 saturated carbocycles. The summed E-state index contributed by atoms with van der Waals surface area (Å²) in [5, 5.41) is 19.7. The molecule has 0 aromatic carbocycles. The molecule has 2 heterocycles. The predicted octanol–water partition coefficient (Wildman–Crippen LogP) is 3.21. The summed E-state index contributed by atoms with van der Waals surface area (Å²) in [6.45, 7) is 0. The Morgan fingerprint density at radius 3 is 2.69 bits per heavy atom. The van der Waals surface area contributed by atoms with E-state index in [1.807, 2.05) is 29.7 Å². The molecular weight excluding hydrogens is 242 g/mol. The molecule has 0 amide bonds. The van der Waals surface area contributed by atoms with Gasteiger partial charge in [0.05, 0.1) is 16.1 Å². The van der Waals surface area contributed by atoms with Crippen LogP contribution in [0, 0.1) is 22.7 Å². The van der Waals surface area contributed by atoms with Crippen molar-refractivity contribution in [3.63, 3.8) is 0 Å². The molecule has 0 bridgehead atoms. The zero-order chi connectivity index (χ0) is 11.5. The maximum absolute atomic E-state index is 8.91. The molecule has 0 atom stereocenters. The zero-order valence-electron chi connectivity index (χ0n) is 7.94. The third kappa shape index (κ3) is 1.77. The minimum atomic E-state index is 0.0740. The molecule has 76 valence electrons. The summed E-state index contributed by atoms with van der Waals surface area (Å²) in [6, 6.07) is 9.17. The Hall–Kier alpha value is -1.88. The minimum Gasteiger partial charge on any atom is -0.234 e. The first kappa shape index (κ1) is 10.6. The Morgan fingerprint density at radius 1 is 1.31 bits per heavy atom. The highest BCUT2D eigenvalue weighted by atomic mass is 35.5. The van der Waals surface area contributed by atoms with E-state index in [1.54, 1.807) is 6.07 Å². The van der Waals surface area contributed by atoms with Gasteiger partial charge in [0.25, 0.3) is 0 Å². The molecule has 3 nitrogen and oxygen atoms in total. The molecule has 0 N–H and O–H groups in total. The van der Waals surface area contributed by atoms with Crippen LogP contribution in [0.5, 0.6) is 0 Å². The quantitative estimate of drug-likeness (QED) is 0.725. The lowest BCUT2D eigenvalue weighted by molar-refractivity contribution is 1.29. The topological polar surface area (TPSA) is 60.5 Å². The minimum absolute atomic E-state index is 0.0740. The van der Waals surface area contributed by atoms with Crippen LogP contribution in [0.4, 0.5) is 0 Å². The van der Waals surface area contributed by atoms with Crippen molar-refractivity contribution in [1.29, 1.82) is 10.5 Å². The molecule has 2 aromatic heterocycles. The van der Waals surface area contributed by atoms with Crippen LogP contribution in [-0.2, 0) is 0 Å². The van der Waals surface area contributed by atoms with E-state index in [4.69, 9.17) is 22.1 Å². The molecule has 0 aliphatic heterocycles. The number of aromatic nitrogens is 1. The summed E-state index contributed by atoms with van der Waals surface area (Å²) in [7, 11) is 0. The van der Waals surface area contributed by atoms with Gasteiger partial charge in [0, 0.05) is 0 Å². The number of hydrogen-bond acceptors (Lipinski definition) is 4. The van der Waals surface area contributed by atoms with E-state index in [1.165, 1.54) is 11.3 Å². The van der Waals surface area contributed by atoms with Gasteiger partial charge in [-0.2, -0.15) is 10.5 Å². The van der Waals surface area contributed by atoms with Crippen molar-refractivity contribution < 1.29 is 0 Å². The highest BCUT2D eigenvalue weighted by Gasteiger charge is 2.12. The molecule has 5 heteroatoms. The van der Waals surface area contributed by atoms with Crippen molar-refractivity contribution in [2.75, 3.05) is 0 Å². The Morgan fingerprint density at radius 2 is 2.12 bits per heavy atom. The van der Waals surface area contributed by atoms with Gasteiger partial charge in [0.2, 0.25) is 0 Å². The number of rotatable bonds is 1. The van der Waals surface area contributed by atoms with Gasteiger partial charge in [-0.05, 0) is 17.5 Å². The van der Waals surface area contributed by atoms with E-state index in [0.29, 0.717) is 5.69 Å². The van der Waals surface area contributed by atoms with Crippen LogP contribution in [-0.4, -0.2) is 4.98 Å². The molecule has 0 unspecified atom stereocenters. The summed E-state index contributed by atoms with van der Waals surface area (Å²) in [6.07, 6.45) is 0. The van der Waals surface area contributed by atoms with E-state index in [9.17, 15) is 0 Å². The van der Waals surface area contributed by atoms with Crippen LogP contribution in [0.1, 0.15) is 11.1 Å². The van der Waals surface area contributed by atoms with Crippen LogP contribution in [0.15, 0.2) is 23.6 Å². The van der Waals surface area contributed by atoms with Crippen LogP contribution >= 0.6 is 22.9 Å².